The maximum absolute atomic E-state index is 2.57. The Balaban J connectivity index is 1.13. The number of benzene rings is 13. The third-order valence-electron chi connectivity index (χ3n) is 19.3. The molecule has 4 aromatic heterocycles. The molecule has 94 heavy (non-hydrogen) atoms. The summed E-state index contributed by atoms with van der Waals surface area (Å²) in [5.41, 5.74) is 35.3. The first-order valence-corrected chi connectivity index (χ1v) is 32.6. The topological polar surface area (TPSA) is 35.0 Å². The van der Waals surface area contributed by atoms with Crippen molar-refractivity contribution in [2.75, 3.05) is 9.80 Å². The maximum Gasteiger partial charge on any atom is 0.0949 e. The third-order valence-corrected chi connectivity index (χ3v) is 19.3. The van der Waals surface area contributed by atoms with E-state index in [1.807, 2.05) is 0 Å². The van der Waals surface area contributed by atoms with Gasteiger partial charge < -0.3 is 36.9 Å². The molecule has 0 aliphatic heterocycles. The normalized spacial score (nSPS) is 11.8. The Kier molecular flexibility index (Phi) is 13.2. The minimum absolute atomic E-state index is 1.04. The van der Waals surface area contributed by atoms with Crippen LogP contribution in [0, 0.1) is 55.4 Å². The molecule has 0 fully saturated rings. The average molecular weight is 1220 g/mol. The van der Waals surface area contributed by atoms with Crippen molar-refractivity contribution in [2.45, 2.75) is 55.4 Å². The third kappa shape index (κ3) is 8.88. The van der Waals surface area contributed by atoms with Crippen molar-refractivity contribution in [1.29, 1.82) is 0 Å². The highest BCUT2D eigenvalue weighted by atomic mass is 15.2. The molecule has 0 radical (unpaired) electrons. The summed E-state index contributed by atoms with van der Waals surface area (Å²) < 4.78 is 15.2. The summed E-state index contributed by atoms with van der Waals surface area (Å²) in [5.74, 6) is 0. The first-order chi connectivity index (χ1) is 45.9. The van der Waals surface area contributed by atoms with E-state index in [0.717, 1.165) is 134 Å². The number of rotatable bonds is 10. The molecule has 0 unspecified atom stereocenters. The summed E-state index contributed by atoms with van der Waals surface area (Å²) in [6.07, 6.45) is 0. The van der Waals surface area contributed by atoms with Crippen molar-refractivity contribution < 1.29 is 0 Å². The van der Waals surface area contributed by atoms with Crippen molar-refractivity contribution in [1.82, 2.24) is 27.1 Å². The van der Waals surface area contributed by atoms with Crippen LogP contribution in [0.4, 0.5) is 34.1 Å². The van der Waals surface area contributed by atoms with E-state index < -0.39 is 0 Å². The van der Waals surface area contributed by atoms with E-state index in [4.69, 9.17) is 0 Å². The molecule has 0 atom stereocenters. The Bertz CT molecular complexity index is 5480. The van der Waals surface area contributed by atoms with Crippen LogP contribution in [0.5, 0.6) is 0 Å². The molecule has 0 amide bonds. The van der Waals surface area contributed by atoms with Crippen LogP contribution in [0.25, 0.3) is 100.0 Å². The Morgan fingerprint density at radius 3 is 0.734 bits per heavy atom. The zero-order valence-corrected chi connectivity index (χ0v) is 54.1. The lowest BCUT2D eigenvalue weighted by atomic mass is 10.0. The predicted octanol–water partition coefficient (Wildman–Crippen LogP) is 22.8. The molecule has 0 aliphatic rings. The van der Waals surface area contributed by atoms with Gasteiger partial charge in [0.1, 0.15) is 0 Å². The van der Waals surface area contributed by atoms with Crippen molar-refractivity contribution in [3.8, 4) is 22.7 Å². The van der Waals surface area contributed by atoms with E-state index >= 15 is 0 Å². The van der Waals surface area contributed by atoms with Gasteiger partial charge in [-0.3, -0.25) is 0 Å². The predicted molar refractivity (Wildman–Crippen MR) is 396 cm³/mol. The van der Waals surface area contributed by atoms with Gasteiger partial charge in [0.25, 0.3) is 0 Å². The lowest BCUT2D eigenvalue weighted by Gasteiger charge is -2.32. The molecule has 0 aliphatic carbocycles. The van der Waals surface area contributed by atoms with Gasteiger partial charge in [-0.2, -0.15) is 0 Å². The smallest absolute Gasteiger partial charge is 0.0949 e. The molecule has 0 saturated carbocycles. The van der Waals surface area contributed by atoms with Gasteiger partial charge in [0.15, 0.2) is 0 Å². The van der Waals surface area contributed by atoms with Crippen molar-refractivity contribution >= 4 is 111 Å². The highest BCUT2D eigenvalue weighted by Crippen LogP contribution is 2.48. The van der Waals surface area contributed by atoms with Crippen LogP contribution in [-0.2, 0) is 0 Å². The van der Waals surface area contributed by atoms with Gasteiger partial charge in [0.2, 0.25) is 0 Å². The second-order valence-electron chi connectivity index (χ2n) is 25.7. The minimum atomic E-state index is 1.04. The standard InChI is InChI=1S/C86H70N8/c1-55-37-41-59(5)73(45-55)91(74-46-56(2)38-42-60(74)6)67-49-81-85-83(51-67)89(65-29-17-11-18-30-65)77-53-78-80(54-79(77)93(85)71-35-23-21-33-69(71)87(81)63-25-13-9-14-26-63)94-72-36-24-22-34-70(72)88(64-27-15-10-16-28-64)82-50-68(52-84(86(82)94)90(78)66-31-19-12-20-32-66)92(75-47-57(3)39-43-61(75)7)76-48-58(4)40-44-62(76)8/h9-54H,1-8H3. The molecule has 8 nitrogen and oxygen atoms in total. The summed E-state index contributed by atoms with van der Waals surface area (Å²) in [7, 11) is 0. The second-order valence-corrected chi connectivity index (χ2v) is 25.7. The van der Waals surface area contributed by atoms with E-state index in [1.165, 1.54) is 44.5 Å². The minimum Gasteiger partial charge on any atom is -0.310 e. The summed E-state index contributed by atoms with van der Waals surface area (Å²) in [5, 5.41) is 0. The van der Waals surface area contributed by atoms with Gasteiger partial charge in [0, 0.05) is 45.5 Å². The van der Waals surface area contributed by atoms with Crippen LogP contribution in [0.2, 0.25) is 0 Å². The number of anilines is 6. The SMILES string of the molecule is Cc1ccc(C)c(N(c2cc3c4c(c2)n(-c2ccccc2)c2cc5c(cc2n4c2ccccc2n3-c2ccccc2)n2c3ccccc3n(-c3ccccc3)c3cc(N(c4cc(C)ccc4C)c4cc(C)ccc4C)cc(c32)n5-c2ccccc2)c2cc(C)ccc2C)c1. The maximum atomic E-state index is 2.57. The van der Waals surface area contributed by atoms with Gasteiger partial charge >= 0.3 is 0 Å². The molecule has 454 valence electrons. The molecular formula is C86H70N8. The van der Waals surface area contributed by atoms with Crippen LogP contribution in [0.1, 0.15) is 44.5 Å². The van der Waals surface area contributed by atoms with Gasteiger partial charge in [0.05, 0.1) is 88.6 Å². The number of hydrogen-bond acceptors (Lipinski definition) is 2. The summed E-state index contributed by atoms with van der Waals surface area (Å²) in [4.78, 5) is 5.02. The van der Waals surface area contributed by atoms with E-state index in [1.54, 1.807) is 0 Å². The fourth-order valence-electron chi connectivity index (χ4n) is 14.9. The first-order valence-electron chi connectivity index (χ1n) is 32.6. The fraction of sp³-hybridized carbons (Fsp3) is 0.0930. The van der Waals surface area contributed by atoms with Gasteiger partial charge in [-0.05, 0) is 233 Å². The van der Waals surface area contributed by atoms with E-state index in [0.29, 0.717) is 0 Å². The fourth-order valence-corrected chi connectivity index (χ4v) is 14.9. The number of hydrogen-bond donors (Lipinski definition) is 0. The lowest BCUT2D eigenvalue weighted by Crippen LogP contribution is -2.17. The molecule has 17 aromatic rings. The average Bonchev–Trinajstić information content (AvgIpc) is 0.686. The Labute approximate surface area is 546 Å². The molecule has 0 spiro atoms. The second kappa shape index (κ2) is 22.0. The molecule has 8 heteroatoms. The molecule has 17 rings (SSSR count). The molecular weight excluding hydrogens is 1150 g/mol. The quantitative estimate of drug-likeness (QED) is 0.101. The van der Waals surface area contributed by atoms with Crippen molar-refractivity contribution in [3.05, 3.63) is 324 Å². The molecule has 13 aromatic carbocycles. The van der Waals surface area contributed by atoms with Crippen LogP contribution in [0.15, 0.2) is 279 Å². The van der Waals surface area contributed by atoms with E-state index in [9.17, 15) is 0 Å². The van der Waals surface area contributed by atoms with Crippen LogP contribution >= 0.6 is 0 Å². The van der Waals surface area contributed by atoms with Crippen molar-refractivity contribution in [3.63, 3.8) is 0 Å². The summed E-state index contributed by atoms with van der Waals surface area (Å²) in [6.45, 7) is 17.8. The first kappa shape index (κ1) is 56.3. The monoisotopic (exact) mass is 1210 g/mol. The van der Waals surface area contributed by atoms with Crippen LogP contribution in [0.3, 0.4) is 0 Å². The Morgan fingerprint density at radius 1 is 0.202 bits per heavy atom. The highest BCUT2D eigenvalue weighted by molar-refractivity contribution is 6.13. The lowest BCUT2D eigenvalue weighted by molar-refractivity contribution is 1.08. The van der Waals surface area contributed by atoms with E-state index in [-0.39, 0.29) is 0 Å². The zero-order chi connectivity index (χ0) is 63.6. The highest BCUT2D eigenvalue weighted by Gasteiger charge is 2.29. The summed E-state index contributed by atoms with van der Waals surface area (Å²) >= 11 is 0. The molecule has 4 heterocycles. The molecule has 0 N–H and O–H groups in total. The summed E-state index contributed by atoms with van der Waals surface area (Å²) in [6, 6.07) is 104. The number of para-hydroxylation sites is 8. The van der Waals surface area contributed by atoms with E-state index in [2.05, 4.69) is 371 Å². The number of nitrogens with zero attached hydrogens (tertiary/aromatic N) is 8. The van der Waals surface area contributed by atoms with Gasteiger partial charge in [-0.1, -0.05) is 146 Å². The Morgan fingerprint density at radius 2 is 0.447 bits per heavy atom. The van der Waals surface area contributed by atoms with Gasteiger partial charge in [-0.25, -0.2) is 0 Å². The largest absolute Gasteiger partial charge is 0.310 e. The van der Waals surface area contributed by atoms with Crippen LogP contribution in [-0.4, -0.2) is 27.1 Å². The molecule has 0 saturated heterocycles. The number of aromatic nitrogens is 6. The van der Waals surface area contributed by atoms with Crippen LogP contribution < -0.4 is 9.80 Å². The number of aryl methyl sites for hydroxylation is 8. The molecule has 0 bridgehead atoms. The Hall–Kier alpha value is -11.7. The van der Waals surface area contributed by atoms with Crippen molar-refractivity contribution in [2.24, 2.45) is 0 Å². The van der Waals surface area contributed by atoms with Gasteiger partial charge in [-0.15, -0.1) is 0 Å². The zero-order valence-electron chi connectivity index (χ0n) is 54.1. The number of fused-ring (bicyclic) bond motifs is 8.